The van der Waals surface area contributed by atoms with Gasteiger partial charge in [0.05, 0.1) is 12.9 Å². The lowest BCUT2D eigenvalue weighted by Crippen LogP contribution is -2.15. The molecule has 0 unspecified atom stereocenters. The number of rotatable bonds is 9. The van der Waals surface area contributed by atoms with E-state index >= 15 is 0 Å². The second kappa shape index (κ2) is 9.52. The molecule has 4 rings (SSSR count). The highest BCUT2D eigenvalue weighted by Gasteiger charge is 2.14. The van der Waals surface area contributed by atoms with Crippen LogP contribution in [0.15, 0.2) is 58.2 Å². The summed E-state index contributed by atoms with van der Waals surface area (Å²) in [4.78, 5) is 4.45. The van der Waals surface area contributed by atoms with Crippen molar-refractivity contribution in [2.45, 2.75) is 30.9 Å². The van der Waals surface area contributed by atoms with Crippen molar-refractivity contribution in [1.82, 2.24) is 25.0 Å². The molecular weight excluding hydrogens is 416 g/mol. The lowest BCUT2D eigenvalue weighted by molar-refractivity contribution is 0.289. The number of nitrogen functional groups attached to an aromatic ring is 1. The highest BCUT2D eigenvalue weighted by molar-refractivity contribution is 7.98. The number of aryl methyl sites for hydroxylation is 1. The van der Waals surface area contributed by atoms with Crippen LogP contribution in [0.3, 0.4) is 0 Å². The van der Waals surface area contributed by atoms with Crippen LogP contribution in [0.4, 0.5) is 0 Å². The lowest BCUT2D eigenvalue weighted by atomic mass is 10.1. The van der Waals surface area contributed by atoms with Crippen LogP contribution in [-0.4, -0.2) is 32.1 Å². The molecule has 0 aliphatic carbocycles. The molecule has 10 heteroatoms. The van der Waals surface area contributed by atoms with Crippen LogP contribution >= 0.6 is 11.8 Å². The van der Waals surface area contributed by atoms with Crippen molar-refractivity contribution in [3.8, 4) is 22.9 Å². The Balaban J connectivity index is 1.35. The Kier molecular flexibility index (Phi) is 6.37. The summed E-state index contributed by atoms with van der Waals surface area (Å²) < 4.78 is 17.7. The molecule has 0 radical (unpaired) electrons. The van der Waals surface area contributed by atoms with Gasteiger partial charge >= 0.3 is 0 Å². The quantitative estimate of drug-likeness (QED) is 0.310. The van der Waals surface area contributed by atoms with Crippen LogP contribution in [0.1, 0.15) is 24.2 Å². The third kappa shape index (κ3) is 4.97. The molecule has 0 aliphatic rings. The molecule has 9 nitrogen and oxygen atoms in total. The van der Waals surface area contributed by atoms with Crippen LogP contribution in [0.5, 0.6) is 11.5 Å². The third-order valence-electron chi connectivity index (χ3n) is 4.56. The average molecular weight is 439 g/mol. The second-order valence-electron chi connectivity index (χ2n) is 6.59. The van der Waals surface area contributed by atoms with Crippen molar-refractivity contribution < 1.29 is 14.0 Å². The number of thioether (sulfide) groups is 1. The van der Waals surface area contributed by atoms with E-state index in [1.54, 1.807) is 13.2 Å². The Morgan fingerprint density at radius 3 is 2.68 bits per heavy atom. The van der Waals surface area contributed by atoms with E-state index in [1.807, 2.05) is 30.3 Å². The number of ether oxygens (including phenoxy) is 2. The number of hydrogen-bond donors (Lipinski definition) is 1. The van der Waals surface area contributed by atoms with Crippen molar-refractivity contribution in [2.24, 2.45) is 0 Å². The first-order valence-corrected chi connectivity index (χ1v) is 10.7. The molecule has 31 heavy (non-hydrogen) atoms. The molecule has 0 fully saturated rings. The second-order valence-corrected chi connectivity index (χ2v) is 7.53. The Hall–Kier alpha value is -3.53. The Morgan fingerprint density at radius 2 is 1.90 bits per heavy atom. The zero-order valence-corrected chi connectivity index (χ0v) is 18.0. The van der Waals surface area contributed by atoms with Gasteiger partial charge < -0.3 is 19.8 Å². The molecule has 4 aromatic rings. The highest BCUT2D eigenvalue weighted by Crippen LogP contribution is 2.23. The third-order valence-corrected chi connectivity index (χ3v) is 5.49. The fourth-order valence-corrected chi connectivity index (χ4v) is 3.50. The molecule has 0 saturated heterocycles. The zero-order valence-electron chi connectivity index (χ0n) is 17.2. The number of nitrogens with zero attached hydrogens (tertiary/aromatic N) is 5. The number of aromatic nitrogens is 5. The fourth-order valence-electron chi connectivity index (χ4n) is 2.79. The van der Waals surface area contributed by atoms with Gasteiger partial charge in [-0.1, -0.05) is 54.2 Å². The minimum Gasteiger partial charge on any atom is -0.497 e. The van der Waals surface area contributed by atoms with E-state index < -0.39 is 0 Å². The zero-order chi connectivity index (χ0) is 21.6. The molecule has 2 aromatic heterocycles. The minimum atomic E-state index is 0.176. The summed E-state index contributed by atoms with van der Waals surface area (Å²) in [5.41, 5.74) is 2.17. The van der Waals surface area contributed by atoms with E-state index in [0.717, 1.165) is 12.0 Å². The maximum absolute atomic E-state index is 6.11. The van der Waals surface area contributed by atoms with E-state index in [2.05, 4.69) is 39.4 Å². The summed E-state index contributed by atoms with van der Waals surface area (Å²) in [7, 11) is 1.60. The van der Waals surface area contributed by atoms with Crippen molar-refractivity contribution in [1.29, 1.82) is 0 Å². The molecule has 0 spiro atoms. The van der Waals surface area contributed by atoms with Crippen LogP contribution < -0.4 is 15.3 Å². The number of benzene rings is 2. The van der Waals surface area contributed by atoms with Gasteiger partial charge in [-0.15, -0.1) is 10.2 Å². The summed E-state index contributed by atoms with van der Waals surface area (Å²) in [6.45, 7) is 2.29. The minimum absolute atomic E-state index is 0.176. The topological polar surface area (TPSA) is 114 Å². The lowest BCUT2D eigenvalue weighted by Gasteiger charge is -2.07. The molecular formula is C21H22N6O3S. The standard InChI is InChI=1S/C21H22N6O3S/c1-3-14-7-9-15(10-8-14)20-23-19(30-26-20)13-31-21-25-24-18(27(21)22)12-29-17-6-4-5-16(11-17)28-2/h4-11H,3,12-13,22H2,1-2H3. The smallest absolute Gasteiger partial charge is 0.237 e. The average Bonchev–Trinajstić information content (AvgIpc) is 3.43. The first-order chi connectivity index (χ1) is 15.2. The summed E-state index contributed by atoms with van der Waals surface area (Å²) in [5, 5.41) is 12.8. The van der Waals surface area contributed by atoms with Crippen LogP contribution in [0.2, 0.25) is 0 Å². The van der Waals surface area contributed by atoms with E-state index in [9.17, 15) is 0 Å². The van der Waals surface area contributed by atoms with Crippen molar-refractivity contribution >= 4 is 11.8 Å². The normalized spacial score (nSPS) is 10.9. The number of methoxy groups -OCH3 is 1. The van der Waals surface area contributed by atoms with E-state index in [0.29, 0.717) is 39.9 Å². The van der Waals surface area contributed by atoms with E-state index in [1.165, 1.54) is 22.0 Å². The van der Waals surface area contributed by atoms with Crippen molar-refractivity contribution in [2.75, 3.05) is 13.0 Å². The molecule has 0 aliphatic heterocycles. The highest BCUT2D eigenvalue weighted by atomic mass is 32.2. The SMILES string of the molecule is CCc1ccc(-c2noc(CSc3nnc(COc4cccc(OC)c4)n3N)n2)cc1. The number of hydrogen-bond acceptors (Lipinski definition) is 9. The van der Waals surface area contributed by atoms with Gasteiger partial charge in [-0.25, -0.2) is 4.68 Å². The van der Waals surface area contributed by atoms with E-state index in [4.69, 9.17) is 19.8 Å². The maximum Gasteiger partial charge on any atom is 0.237 e. The predicted octanol–water partition coefficient (Wildman–Crippen LogP) is 3.48. The Morgan fingerprint density at radius 1 is 1.10 bits per heavy atom. The molecule has 2 aromatic carbocycles. The summed E-state index contributed by atoms with van der Waals surface area (Å²) in [5.74, 6) is 9.43. The van der Waals surface area contributed by atoms with Crippen LogP contribution in [0.25, 0.3) is 11.4 Å². The van der Waals surface area contributed by atoms with Crippen molar-refractivity contribution in [3.63, 3.8) is 0 Å². The molecule has 2 heterocycles. The van der Waals surface area contributed by atoms with Gasteiger partial charge in [0.25, 0.3) is 0 Å². The first-order valence-electron chi connectivity index (χ1n) is 9.67. The number of nitrogens with two attached hydrogens (primary N) is 1. The summed E-state index contributed by atoms with van der Waals surface area (Å²) >= 11 is 1.36. The molecule has 0 bridgehead atoms. The first kappa shape index (κ1) is 20.7. The largest absolute Gasteiger partial charge is 0.497 e. The summed E-state index contributed by atoms with van der Waals surface area (Å²) in [6, 6.07) is 15.4. The van der Waals surface area contributed by atoms with Crippen molar-refractivity contribution in [3.05, 3.63) is 65.8 Å². The molecule has 0 amide bonds. The molecule has 2 N–H and O–H groups in total. The van der Waals surface area contributed by atoms with Crippen LogP contribution in [-0.2, 0) is 18.8 Å². The van der Waals surface area contributed by atoms with Gasteiger partial charge in [0, 0.05) is 11.6 Å². The molecule has 160 valence electrons. The monoisotopic (exact) mass is 438 g/mol. The van der Waals surface area contributed by atoms with E-state index in [-0.39, 0.29) is 6.61 Å². The summed E-state index contributed by atoms with van der Waals surface area (Å²) in [6.07, 6.45) is 0.987. The Labute approximate surface area is 183 Å². The van der Waals surface area contributed by atoms with Gasteiger partial charge in [-0.3, -0.25) is 0 Å². The predicted molar refractivity (Wildman–Crippen MR) is 116 cm³/mol. The van der Waals surface area contributed by atoms with Gasteiger partial charge in [-0.2, -0.15) is 4.98 Å². The Bertz CT molecular complexity index is 1140. The maximum atomic E-state index is 6.11. The van der Waals surface area contributed by atoms with Crippen LogP contribution in [0, 0.1) is 0 Å². The molecule has 0 saturated carbocycles. The van der Waals surface area contributed by atoms with Gasteiger partial charge in [0.15, 0.2) is 5.82 Å². The fraction of sp³-hybridized carbons (Fsp3) is 0.238. The van der Waals surface area contributed by atoms with Gasteiger partial charge in [0.2, 0.25) is 16.9 Å². The molecule has 0 atom stereocenters. The van der Waals surface area contributed by atoms with Gasteiger partial charge in [0.1, 0.15) is 18.1 Å². The van der Waals surface area contributed by atoms with Gasteiger partial charge in [-0.05, 0) is 24.1 Å².